The normalized spacial score (nSPS) is 12.3. The molecule has 2 rings (SSSR count). The van der Waals surface area contributed by atoms with Crippen molar-refractivity contribution in [2.24, 2.45) is 5.41 Å². The van der Waals surface area contributed by atoms with Crippen molar-refractivity contribution < 1.29 is 4.79 Å². The fraction of sp³-hybridized carbons (Fsp3) is 0.353. The summed E-state index contributed by atoms with van der Waals surface area (Å²) in [6.07, 6.45) is 5.33. The van der Waals surface area contributed by atoms with Crippen LogP contribution in [0.5, 0.6) is 0 Å². The monoisotopic (exact) mass is 332 g/mol. The lowest BCUT2D eigenvalue weighted by atomic mass is 9.80. The third kappa shape index (κ3) is 4.42. The number of hydrogen-bond acceptors (Lipinski definition) is 4. The minimum atomic E-state index is -0.582. The Morgan fingerprint density at radius 1 is 1.30 bits per heavy atom. The van der Waals surface area contributed by atoms with Gasteiger partial charge in [-0.1, -0.05) is 37.6 Å². The van der Waals surface area contributed by atoms with Crippen molar-refractivity contribution >= 4 is 23.1 Å². The smallest absolute Gasteiger partial charge is 0.188 e. The lowest BCUT2D eigenvalue weighted by Crippen LogP contribution is -2.30. The van der Waals surface area contributed by atoms with Gasteiger partial charge in [0.05, 0.1) is 0 Å². The van der Waals surface area contributed by atoms with Gasteiger partial charge in [-0.2, -0.15) is 5.10 Å². The van der Waals surface area contributed by atoms with Gasteiger partial charge in [-0.25, -0.2) is 9.67 Å². The standard InChI is InChI=1S/C17H21ClN4O/c1-17(2,9-13-5-7-14(18)8-6-13)16(23)15(10-21(3)4)22-12-19-11-20-22/h5-8,10-12H,9H2,1-4H3. The van der Waals surface area contributed by atoms with Crippen molar-refractivity contribution in [1.29, 1.82) is 0 Å². The van der Waals surface area contributed by atoms with Crippen molar-refractivity contribution in [2.45, 2.75) is 20.3 Å². The maximum Gasteiger partial charge on any atom is 0.188 e. The summed E-state index contributed by atoms with van der Waals surface area (Å²) in [5, 5.41) is 4.78. The molecule has 0 saturated carbocycles. The van der Waals surface area contributed by atoms with Gasteiger partial charge >= 0.3 is 0 Å². The second kappa shape index (κ2) is 6.96. The molecule has 0 aliphatic rings. The van der Waals surface area contributed by atoms with Crippen LogP contribution in [0.25, 0.3) is 5.70 Å². The van der Waals surface area contributed by atoms with Gasteiger partial charge in [0.2, 0.25) is 0 Å². The zero-order valence-corrected chi connectivity index (χ0v) is 14.6. The molecule has 6 heteroatoms. The number of halogens is 1. The minimum Gasteiger partial charge on any atom is -0.382 e. The lowest BCUT2D eigenvalue weighted by Gasteiger charge is -2.25. The quantitative estimate of drug-likeness (QED) is 0.763. The van der Waals surface area contributed by atoms with Crippen molar-refractivity contribution in [3.05, 3.63) is 53.7 Å². The van der Waals surface area contributed by atoms with Crippen LogP contribution in [0.4, 0.5) is 0 Å². The van der Waals surface area contributed by atoms with E-state index in [-0.39, 0.29) is 5.78 Å². The van der Waals surface area contributed by atoms with E-state index in [4.69, 9.17) is 11.6 Å². The molecule has 0 unspecified atom stereocenters. The highest BCUT2D eigenvalue weighted by Crippen LogP contribution is 2.28. The Bertz CT molecular complexity index is 688. The van der Waals surface area contributed by atoms with E-state index in [0.29, 0.717) is 17.1 Å². The molecular formula is C17H21ClN4O. The molecule has 0 amide bonds. The first-order chi connectivity index (χ1) is 10.8. The van der Waals surface area contributed by atoms with Crippen LogP contribution in [-0.2, 0) is 11.2 Å². The first kappa shape index (κ1) is 17.2. The van der Waals surface area contributed by atoms with E-state index >= 15 is 0 Å². The van der Waals surface area contributed by atoms with Crippen molar-refractivity contribution in [3.8, 4) is 0 Å². The second-order valence-electron chi connectivity index (χ2n) is 6.33. The van der Waals surface area contributed by atoms with Gasteiger partial charge in [0, 0.05) is 30.7 Å². The number of carbonyl (C=O) groups is 1. The summed E-state index contributed by atoms with van der Waals surface area (Å²) in [5.74, 6) is 0.00616. The summed E-state index contributed by atoms with van der Waals surface area (Å²) in [7, 11) is 3.74. The SMILES string of the molecule is CN(C)C=C(C(=O)C(C)(C)Cc1ccc(Cl)cc1)n1cncn1. The maximum atomic E-state index is 13.1. The highest BCUT2D eigenvalue weighted by atomic mass is 35.5. The molecule has 5 nitrogen and oxygen atoms in total. The zero-order chi connectivity index (χ0) is 17.0. The lowest BCUT2D eigenvalue weighted by molar-refractivity contribution is -0.121. The summed E-state index contributed by atoms with van der Waals surface area (Å²) in [6, 6.07) is 7.57. The topological polar surface area (TPSA) is 51.0 Å². The van der Waals surface area contributed by atoms with Crippen LogP contribution >= 0.6 is 11.6 Å². The van der Waals surface area contributed by atoms with Crippen LogP contribution in [0.1, 0.15) is 19.4 Å². The van der Waals surface area contributed by atoms with Crippen LogP contribution < -0.4 is 0 Å². The van der Waals surface area contributed by atoms with Gasteiger partial charge in [0.15, 0.2) is 5.78 Å². The number of hydrogen-bond donors (Lipinski definition) is 0. The Morgan fingerprint density at radius 3 is 2.48 bits per heavy atom. The number of benzene rings is 1. The predicted molar refractivity (Wildman–Crippen MR) is 91.9 cm³/mol. The molecule has 1 heterocycles. The number of aromatic nitrogens is 3. The molecule has 0 N–H and O–H groups in total. The van der Waals surface area contributed by atoms with E-state index < -0.39 is 5.41 Å². The summed E-state index contributed by atoms with van der Waals surface area (Å²) in [4.78, 5) is 18.8. The number of carbonyl (C=O) groups excluding carboxylic acids is 1. The van der Waals surface area contributed by atoms with E-state index in [0.717, 1.165) is 5.56 Å². The fourth-order valence-corrected chi connectivity index (χ4v) is 2.46. The van der Waals surface area contributed by atoms with E-state index in [1.165, 1.54) is 17.3 Å². The molecular weight excluding hydrogens is 312 g/mol. The molecule has 0 spiro atoms. The number of nitrogens with zero attached hydrogens (tertiary/aromatic N) is 4. The second-order valence-corrected chi connectivity index (χ2v) is 6.77. The molecule has 0 aliphatic heterocycles. The molecule has 0 aliphatic carbocycles. The Hall–Kier alpha value is -2.14. The Balaban J connectivity index is 2.29. The summed E-state index contributed by atoms with van der Waals surface area (Å²) < 4.78 is 1.51. The summed E-state index contributed by atoms with van der Waals surface area (Å²) >= 11 is 5.92. The van der Waals surface area contributed by atoms with E-state index in [1.54, 1.807) is 6.20 Å². The number of Topliss-reactive ketones (excluding diaryl/α,β-unsaturated/α-hetero) is 1. The Morgan fingerprint density at radius 2 is 1.96 bits per heavy atom. The van der Waals surface area contributed by atoms with Gasteiger partial charge in [0.1, 0.15) is 18.4 Å². The van der Waals surface area contributed by atoms with Gasteiger partial charge in [-0.15, -0.1) is 0 Å². The van der Waals surface area contributed by atoms with Gasteiger partial charge < -0.3 is 4.90 Å². The number of rotatable bonds is 6. The third-order valence-electron chi connectivity index (χ3n) is 3.45. The highest BCUT2D eigenvalue weighted by molar-refractivity contribution is 6.30. The third-order valence-corrected chi connectivity index (χ3v) is 3.70. The molecule has 1 aromatic carbocycles. The summed E-state index contributed by atoms with van der Waals surface area (Å²) in [5.41, 5.74) is 0.976. The molecule has 0 atom stereocenters. The number of ketones is 1. The zero-order valence-electron chi connectivity index (χ0n) is 13.8. The molecule has 122 valence electrons. The van der Waals surface area contributed by atoms with Crippen LogP contribution in [0.3, 0.4) is 0 Å². The van der Waals surface area contributed by atoms with Gasteiger partial charge in [-0.05, 0) is 24.1 Å². The molecule has 23 heavy (non-hydrogen) atoms. The molecule has 0 saturated heterocycles. The highest BCUT2D eigenvalue weighted by Gasteiger charge is 2.32. The fourth-order valence-electron chi connectivity index (χ4n) is 2.34. The van der Waals surface area contributed by atoms with E-state index in [9.17, 15) is 4.79 Å². The van der Waals surface area contributed by atoms with Crippen molar-refractivity contribution in [3.63, 3.8) is 0 Å². The predicted octanol–water partition coefficient (Wildman–Crippen LogP) is 3.13. The average molecular weight is 333 g/mol. The minimum absolute atomic E-state index is 0.00616. The van der Waals surface area contributed by atoms with Gasteiger partial charge in [0.25, 0.3) is 0 Å². The van der Waals surface area contributed by atoms with Crippen molar-refractivity contribution in [2.75, 3.05) is 14.1 Å². The molecule has 1 aromatic heterocycles. The van der Waals surface area contributed by atoms with E-state index in [1.807, 2.05) is 57.1 Å². The summed E-state index contributed by atoms with van der Waals surface area (Å²) in [6.45, 7) is 3.87. The van der Waals surface area contributed by atoms with Crippen LogP contribution in [0.2, 0.25) is 5.02 Å². The molecule has 0 bridgehead atoms. The van der Waals surface area contributed by atoms with Crippen LogP contribution in [0, 0.1) is 5.41 Å². The molecule has 2 aromatic rings. The Kier molecular flexibility index (Phi) is 5.21. The Labute approximate surface area is 141 Å². The maximum absolute atomic E-state index is 13.1. The number of allylic oxidation sites excluding steroid dienone is 1. The molecule has 0 fully saturated rings. The first-order valence-corrected chi connectivity index (χ1v) is 7.70. The largest absolute Gasteiger partial charge is 0.382 e. The van der Waals surface area contributed by atoms with E-state index in [2.05, 4.69) is 10.1 Å². The first-order valence-electron chi connectivity index (χ1n) is 7.32. The average Bonchev–Trinajstić information content (AvgIpc) is 3.00. The van der Waals surface area contributed by atoms with Crippen LogP contribution in [-0.4, -0.2) is 39.5 Å². The molecule has 0 radical (unpaired) electrons. The van der Waals surface area contributed by atoms with Crippen LogP contribution in [0.15, 0.2) is 43.1 Å². The van der Waals surface area contributed by atoms with Crippen molar-refractivity contribution in [1.82, 2.24) is 19.7 Å². The van der Waals surface area contributed by atoms with Gasteiger partial charge in [-0.3, -0.25) is 4.79 Å².